The maximum Gasteiger partial charge on any atom is 0.490 e. The molecule has 204 valence electrons. The summed E-state index contributed by atoms with van der Waals surface area (Å²) in [6.45, 7) is 0.992. The molecule has 1 atom stereocenters. The lowest BCUT2D eigenvalue weighted by Crippen LogP contribution is -2.57. The van der Waals surface area contributed by atoms with E-state index in [1.54, 1.807) is 4.90 Å². The Labute approximate surface area is 198 Å². The van der Waals surface area contributed by atoms with Crippen LogP contribution in [0.1, 0.15) is 12.8 Å². The largest absolute Gasteiger partial charge is 0.490 e. The molecule has 1 unspecified atom stereocenters. The molecule has 1 spiro atoms. The Morgan fingerprint density at radius 2 is 1.28 bits per heavy atom. The third-order valence-corrected chi connectivity index (χ3v) is 5.36. The molecule has 0 amide bonds. The van der Waals surface area contributed by atoms with Gasteiger partial charge in [0.2, 0.25) is 0 Å². The van der Waals surface area contributed by atoms with E-state index in [9.17, 15) is 39.9 Å². The molecule has 3 N–H and O–H groups in total. The van der Waals surface area contributed by atoms with Gasteiger partial charge in [0, 0.05) is 38.3 Å². The first-order chi connectivity index (χ1) is 16.3. The second-order valence-electron chi connectivity index (χ2n) is 7.95. The van der Waals surface area contributed by atoms with Crippen molar-refractivity contribution in [1.82, 2.24) is 4.90 Å². The minimum Gasteiger partial charge on any atom is -0.480 e. The minimum absolute atomic E-state index is 0.145. The molecule has 0 aliphatic carbocycles. The van der Waals surface area contributed by atoms with Crippen LogP contribution in [0.15, 0.2) is 30.3 Å². The number of benzene rings is 1. The van der Waals surface area contributed by atoms with Gasteiger partial charge in [-0.1, -0.05) is 18.2 Å². The first-order valence-corrected chi connectivity index (χ1v) is 10.0. The molecule has 16 heteroatoms. The molecule has 2 saturated heterocycles. The van der Waals surface area contributed by atoms with Crippen molar-refractivity contribution in [2.75, 3.05) is 37.6 Å². The Balaban J connectivity index is 0.000000383. The normalized spacial score (nSPS) is 21.6. The van der Waals surface area contributed by atoms with Gasteiger partial charge in [0.15, 0.2) is 0 Å². The predicted octanol–water partition coefficient (Wildman–Crippen LogP) is 3.58. The summed E-state index contributed by atoms with van der Waals surface area (Å²) in [5, 5.41) is 23.2. The van der Waals surface area contributed by atoms with E-state index < -0.39 is 41.6 Å². The van der Waals surface area contributed by atoms with E-state index in [0.29, 0.717) is 13.0 Å². The van der Waals surface area contributed by atoms with Crippen LogP contribution in [0.5, 0.6) is 0 Å². The number of para-hydroxylation sites is 1. The maximum absolute atomic E-state index is 14.6. The Morgan fingerprint density at radius 1 is 0.806 bits per heavy atom. The molecule has 2 aliphatic heterocycles. The second kappa shape index (κ2) is 11.7. The lowest BCUT2D eigenvalue weighted by Gasteiger charge is -2.45. The van der Waals surface area contributed by atoms with E-state index >= 15 is 0 Å². The maximum atomic E-state index is 14.6. The summed E-state index contributed by atoms with van der Waals surface area (Å²) in [7, 11) is 0. The van der Waals surface area contributed by atoms with Crippen LogP contribution in [0.3, 0.4) is 0 Å². The molecule has 0 radical (unpaired) electrons. The number of aliphatic carboxylic acids is 3. The van der Waals surface area contributed by atoms with Gasteiger partial charge in [-0.15, -0.1) is 0 Å². The average Bonchev–Trinajstić information content (AvgIpc) is 3.16. The van der Waals surface area contributed by atoms with Crippen LogP contribution in [-0.2, 0) is 14.4 Å². The minimum atomic E-state index is -5.08. The molecule has 2 aliphatic rings. The van der Waals surface area contributed by atoms with E-state index in [2.05, 4.69) is 0 Å². The monoisotopic (exact) mass is 538 g/mol. The Hall–Kier alpha value is -3.17. The van der Waals surface area contributed by atoms with Gasteiger partial charge in [0.1, 0.15) is 0 Å². The van der Waals surface area contributed by atoms with Crippen molar-refractivity contribution in [2.24, 2.45) is 5.41 Å². The molecule has 0 bridgehead atoms. The van der Waals surface area contributed by atoms with Gasteiger partial charge in [0.05, 0.1) is 12.0 Å². The molecule has 2 fully saturated rings. The third-order valence-electron chi connectivity index (χ3n) is 5.36. The van der Waals surface area contributed by atoms with Crippen LogP contribution in [-0.4, -0.2) is 89.1 Å². The Bertz CT molecular complexity index is 886. The highest BCUT2D eigenvalue weighted by Gasteiger charge is 2.59. The van der Waals surface area contributed by atoms with Gasteiger partial charge in [0.25, 0.3) is 5.92 Å². The number of alkyl halides is 8. The second-order valence-corrected chi connectivity index (χ2v) is 7.95. The number of nitrogens with zero attached hydrogens (tertiary/aromatic N) is 2. The van der Waals surface area contributed by atoms with Gasteiger partial charge >= 0.3 is 30.3 Å². The summed E-state index contributed by atoms with van der Waals surface area (Å²) < 4.78 is 92.6. The molecule has 1 aromatic carbocycles. The SMILES string of the molecule is O=C(O)C(F)(F)F.O=C(O)C(F)(F)F.O=C(O)CN1CCC(F)(F)C2(CCN(c3ccccc3)C2)C1. The predicted molar refractivity (Wildman–Crippen MR) is 107 cm³/mol. The highest BCUT2D eigenvalue weighted by Crippen LogP contribution is 2.50. The summed E-state index contributed by atoms with van der Waals surface area (Å²) in [5.41, 5.74) is -0.193. The van der Waals surface area contributed by atoms with Crippen LogP contribution in [0.4, 0.5) is 40.8 Å². The number of halogens is 8. The fourth-order valence-corrected chi connectivity index (χ4v) is 3.67. The van der Waals surface area contributed by atoms with Gasteiger partial charge in [-0.05, 0) is 18.6 Å². The molecule has 0 saturated carbocycles. The number of carboxylic acid groups (broad SMARTS) is 3. The van der Waals surface area contributed by atoms with E-state index in [4.69, 9.17) is 24.9 Å². The third kappa shape index (κ3) is 8.80. The van der Waals surface area contributed by atoms with E-state index in [1.807, 2.05) is 35.2 Å². The molecule has 3 rings (SSSR count). The Kier molecular flexibility index (Phi) is 10.0. The van der Waals surface area contributed by atoms with Gasteiger partial charge in [-0.3, -0.25) is 9.69 Å². The van der Waals surface area contributed by atoms with E-state index in [0.717, 1.165) is 5.69 Å². The van der Waals surface area contributed by atoms with Crippen molar-refractivity contribution < 1.29 is 64.8 Å². The number of hydrogen-bond donors (Lipinski definition) is 3. The molecular formula is C20H22F8N2O6. The van der Waals surface area contributed by atoms with Crippen molar-refractivity contribution in [3.63, 3.8) is 0 Å². The average molecular weight is 538 g/mol. The summed E-state index contributed by atoms with van der Waals surface area (Å²) >= 11 is 0. The van der Waals surface area contributed by atoms with Crippen LogP contribution in [0.25, 0.3) is 0 Å². The van der Waals surface area contributed by atoms with Gasteiger partial charge < -0.3 is 20.2 Å². The van der Waals surface area contributed by atoms with E-state index in [-0.39, 0.29) is 32.6 Å². The molecule has 36 heavy (non-hydrogen) atoms. The van der Waals surface area contributed by atoms with Crippen molar-refractivity contribution in [3.8, 4) is 0 Å². The first-order valence-electron chi connectivity index (χ1n) is 10.0. The van der Waals surface area contributed by atoms with Gasteiger partial charge in [-0.2, -0.15) is 26.3 Å². The quantitative estimate of drug-likeness (QED) is 0.500. The zero-order valence-electron chi connectivity index (χ0n) is 18.3. The highest BCUT2D eigenvalue weighted by atomic mass is 19.4. The van der Waals surface area contributed by atoms with Crippen LogP contribution in [0.2, 0.25) is 0 Å². The molecule has 8 nitrogen and oxygen atoms in total. The molecule has 0 aromatic heterocycles. The van der Waals surface area contributed by atoms with Crippen LogP contribution < -0.4 is 4.90 Å². The molecular weight excluding hydrogens is 516 g/mol. The Morgan fingerprint density at radius 3 is 1.69 bits per heavy atom. The zero-order chi connectivity index (χ0) is 27.9. The number of rotatable bonds is 3. The van der Waals surface area contributed by atoms with E-state index in [1.165, 1.54) is 0 Å². The first kappa shape index (κ1) is 30.9. The van der Waals surface area contributed by atoms with Crippen molar-refractivity contribution in [2.45, 2.75) is 31.1 Å². The number of piperidine rings is 1. The topological polar surface area (TPSA) is 118 Å². The van der Waals surface area contributed by atoms with Crippen molar-refractivity contribution >= 4 is 23.6 Å². The van der Waals surface area contributed by atoms with Crippen LogP contribution in [0, 0.1) is 5.41 Å². The lowest BCUT2D eigenvalue weighted by atomic mass is 9.75. The van der Waals surface area contributed by atoms with Gasteiger partial charge in [-0.25, -0.2) is 18.4 Å². The fourth-order valence-electron chi connectivity index (χ4n) is 3.67. The summed E-state index contributed by atoms with van der Waals surface area (Å²) in [4.78, 5) is 32.3. The number of carboxylic acids is 3. The summed E-state index contributed by atoms with van der Waals surface area (Å²) in [5.74, 6) is -9.22. The fraction of sp³-hybridized carbons (Fsp3) is 0.550. The highest BCUT2D eigenvalue weighted by molar-refractivity contribution is 5.73. The number of hydrogen-bond acceptors (Lipinski definition) is 5. The van der Waals surface area contributed by atoms with Crippen molar-refractivity contribution in [3.05, 3.63) is 30.3 Å². The summed E-state index contributed by atoms with van der Waals surface area (Å²) in [6, 6.07) is 9.55. The lowest BCUT2D eigenvalue weighted by molar-refractivity contribution is -0.193. The number of carbonyl (C=O) groups is 3. The van der Waals surface area contributed by atoms with Crippen molar-refractivity contribution in [1.29, 1.82) is 0 Å². The molecule has 1 aromatic rings. The number of anilines is 1. The summed E-state index contributed by atoms with van der Waals surface area (Å²) in [6.07, 6.45) is -10.0. The zero-order valence-corrected chi connectivity index (χ0v) is 18.3. The van der Waals surface area contributed by atoms with Crippen LogP contribution >= 0.6 is 0 Å². The standard InChI is InChI=1S/C16H20F2N2O2.2C2HF3O2/c17-16(18)7-8-19(10-14(21)22)11-15(16)6-9-20(12-15)13-4-2-1-3-5-13;2*3-2(4,5)1(6)7/h1-5H,6-12H2,(H,21,22);2*(H,6,7). The molecule has 2 heterocycles. The number of likely N-dealkylation sites (tertiary alicyclic amines) is 1. The smallest absolute Gasteiger partial charge is 0.480 e.